The van der Waals surface area contributed by atoms with Gasteiger partial charge in [0.2, 0.25) is 0 Å². The maximum absolute atomic E-state index is 11.2. The summed E-state index contributed by atoms with van der Waals surface area (Å²) in [5.74, 6) is 0.382. The largest absolute Gasteiger partial charge is 0.298 e. The van der Waals surface area contributed by atoms with Gasteiger partial charge in [-0.3, -0.25) is 9.69 Å². The van der Waals surface area contributed by atoms with Crippen molar-refractivity contribution in [2.45, 2.75) is 19.4 Å². The normalized spacial score (nSPS) is 17.2. The third kappa shape index (κ3) is 3.76. The first-order chi connectivity index (χ1) is 6.84. The zero-order valence-corrected chi connectivity index (χ0v) is 10.4. The highest BCUT2D eigenvalue weighted by molar-refractivity contribution is 8.93. The van der Waals surface area contributed by atoms with E-state index in [9.17, 15) is 4.79 Å². The Labute approximate surface area is 101 Å². The average molecular weight is 270 g/mol. The molecule has 1 aliphatic rings. The molecule has 2 rings (SSSR count). The van der Waals surface area contributed by atoms with Crippen molar-refractivity contribution in [3.8, 4) is 0 Å². The molecule has 2 nitrogen and oxygen atoms in total. The predicted octanol–water partition coefficient (Wildman–Crippen LogP) is 2.43. The number of hydrogen-bond donors (Lipinski definition) is 0. The Morgan fingerprint density at radius 1 is 1.20 bits per heavy atom. The smallest absolute Gasteiger partial charge is 0.146 e. The second kappa shape index (κ2) is 6.03. The minimum Gasteiger partial charge on any atom is -0.298 e. The summed E-state index contributed by atoms with van der Waals surface area (Å²) in [6, 6.07) is 10.3. The fourth-order valence-corrected chi connectivity index (χ4v) is 1.88. The maximum atomic E-state index is 11.2. The molecule has 0 N–H and O–H groups in total. The summed E-state index contributed by atoms with van der Waals surface area (Å²) >= 11 is 0. The van der Waals surface area contributed by atoms with Crippen molar-refractivity contribution in [3.05, 3.63) is 35.9 Å². The molecule has 1 aliphatic heterocycles. The summed E-state index contributed by atoms with van der Waals surface area (Å²) in [5, 5.41) is 0. The first kappa shape index (κ1) is 12.4. The minimum atomic E-state index is 0. The SMILES string of the molecule is Br.O=C1CCCN(Cc2ccccc2)C1. The van der Waals surface area contributed by atoms with E-state index in [2.05, 4.69) is 17.0 Å². The number of halogens is 1. The molecule has 0 aliphatic carbocycles. The number of piperidine rings is 1. The van der Waals surface area contributed by atoms with Crippen LogP contribution in [0.3, 0.4) is 0 Å². The average Bonchev–Trinajstić information content (AvgIpc) is 2.19. The summed E-state index contributed by atoms with van der Waals surface area (Å²) in [6.45, 7) is 2.60. The van der Waals surface area contributed by atoms with E-state index in [0.717, 1.165) is 25.9 Å². The van der Waals surface area contributed by atoms with Gasteiger partial charge in [-0.2, -0.15) is 0 Å². The lowest BCUT2D eigenvalue weighted by molar-refractivity contribution is -0.122. The van der Waals surface area contributed by atoms with Gasteiger partial charge in [-0.05, 0) is 18.5 Å². The molecule has 0 spiro atoms. The van der Waals surface area contributed by atoms with E-state index in [-0.39, 0.29) is 17.0 Å². The molecule has 1 saturated heterocycles. The monoisotopic (exact) mass is 269 g/mol. The fraction of sp³-hybridized carbons (Fsp3) is 0.417. The summed E-state index contributed by atoms with van der Waals surface area (Å²) in [5.41, 5.74) is 1.29. The van der Waals surface area contributed by atoms with Gasteiger partial charge in [0.1, 0.15) is 5.78 Å². The highest BCUT2D eigenvalue weighted by atomic mass is 79.9. The highest BCUT2D eigenvalue weighted by Gasteiger charge is 2.16. The molecular weight excluding hydrogens is 254 g/mol. The van der Waals surface area contributed by atoms with Gasteiger partial charge in [0.05, 0.1) is 6.54 Å². The molecule has 0 unspecified atom stereocenters. The number of carbonyl (C=O) groups excluding carboxylic acids is 1. The lowest BCUT2D eigenvalue weighted by atomic mass is 10.1. The molecule has 1 aromatic carbocycles. The van der Waals surface area contributed by atoms with Crippen LogP contribution in [0, 0.1) is 0 Å². The molecule has 0 radical (unpaired) electrons. The van der Waals surface area contributed by atoms with Crippen LogP contribution in [-0.4, -0.2) is 23.8 Å². The van der Waals surface area contributed by atoms with E-state index in [1.807, 2.05) is 18.2 Å². The van der Waals surface area contributed by atoms with E-state index < -0.39 is 0 Å². The zero-order chi connectivity index (χ0) is 9.80. The van der Waals surface area contributed by atoms with Crippen molar-refractivity contribution in [3.63, 3.8) is 0 Å². The summed E-state index contributed by atoms with van der Waals surface area (Å²) < 4.78 is 0. The first-order valence-corrected chi connectivity index (χ1v) is 5.12. The molecule has 0 saturated carbocycles. The third-order valence-corrected chi connectivity index (χ3v) is 2.58. The van der Waals surface area contributed by atoms with Crippen LogP contribution in [0.15, 0.2) is 30.3 Å². The molecular formula is C12H16BrNO. The van der Waals surface area contributed by atoms with Crippen LogP contribution >= 0.6 is 17.0 Å². The molecule has 1 aromatic rings. The molecule has 3 heteroatoms. The van der Waals surface area contributed by atoms with Crippen molar-refractivity contribution in [1.29, 1.82) is 0 Å². The van der Waals surface area contributed by atoms with Gasteiger partial charge in [0.25, 0.3) is 0 Å². The number of nitrogens with zero attached hydrogens (tertiary/aromatic N) is 1. The van der Waals surface area contributed by atoms with Gasteiger partial charge in [0, 0.05) is 13.0 Å². The molecule has 0 atom stereocenters. The molecule has 82 valence electrons. The quantitative estimate of drug-likeness (QED) is 0.822. The van der Waals surface area contributed by atoms with E-state index in [0.29, 0.717) is 12.3 Å². The van der Waals surface area contributed by atoms with Gasteiger partial charge in [0.15, 0.2) is 0 Å². The topological polar surface area (TPSA) is 20.3 Å². The standard InChI is InChI=1S/C12H15NO.BrH/c14-12-7-4-8-13(10-12)9-11-5-2-1-3-6-11;/h1-3,5-6H,4,7-10H2;1H. The Morgan fingerprint density at radius 3 is 2.60 bits per heavy atom. The number of carbonyl (C=O) groups is 1. The third-order valence-electron chi connectivity index (χ3n) is 2.58. The van der Waals surface area contributed by atoms with Crippen molar-refractivity contribution in [1.82, 2.24) is 4.90 Å². The van der Waals surface area contributed by atoms with Crippen LogP contribution in [0.1, 0.15) is 18.4 Å². The number of rotatable bonds is 2. The van der Waals surface area contributed by atoms with Gasteiger partial charge < -0.3 is 0 Å². The first-order valence-electron chi connectivity index (χ1n) is 5.12. The van der Waals surface area contributed by atoms with E-state index in [1.165, 1.54) is 5.56 Å². The second-order valence-electron chi connectivity index (χ2n) is 3.84. The van der Waals surface area contributed by atoms with Crippen LogP contribution in [0.4, 0.5) is 0 Å². The number of benzene rings is 1. The second-order valence-corrected chi connectivity index (χ2v) is 3.84. The molecule has 1 fully saturated rings. The predicted molar refractivity (Wildman–Crippen MR) is 66.3 cm³/mol. The Morgan fingerprint density at radius 2 is 1.93 bits per heavy atom. The lowest BCUT2D eigenvalue weighted by Crippen LogP contribution is -2.34. The van der Waals surface area contributed by atoms with Crippen LogP contribution in [0.5, 0.6) is 0 Å². The van der Waals surface area contributed by atoms with E-state index in [4.69, 9.17) is 0 Å². The van der Waals surface area contributed by atoms with Crippen molar-refractivity contribution >= 4 is 22.8 Å². The Hall–Kier alpha value is -0.670. The Bertz CT molecular complexity index is 313. The maximum Gasteiger partial charge on any atom is 0.146 e. The summed E-state index contributed by atoms with van der Waals surface area (Å²) in [4.78, 5) is 13.4. The van der Waals surface area contributed by atoms with Crippen LogP contribution in [0.2, 0.25) is 0 Å². The Kier molecular flexibility index (Phi) is 4.99. The Balaban J connectivity index is 0.00000112. The highest BCUT2D eigenvalue weighted by Crippen LogP contribution is 2.10. The number of likely N-dealkylation sites (tertiary alicyclic amines) is 1. The summed E-state index contributed by atoms with van der Waals surface area (Å²) in [6.07, 6.45) is 1.79. The van der Waals surface area contributed by atoms with Crippen LogP contribution in [-0.2, 0) is 11.3 Å². The number of hydrogen-bond acceptors (Lipinski definition) is 2. The van der Waals surface area contributed by atoms with E-state index >= 15 is 0 Å². The van der Waals surface area contributed by atoms with Crippen molar-refractivity contribution < 1.29 is 4.79 Å². The molecule has 0 amide bonds. The number of ketones is 1. The minimum absolute atomic E-state index is 0. The van der Waals surface area contributed by atoms with E-state index in [1.54, 1.807) is 0 Å². The molecule has 0 bridgehead atoms. The molecule has 15 heavy (non-hydrogen) atoms. The summed E-state index contributed by atoms with van der Waals surface area (Å²) in [7, 11) is 0. The van der Waals surface area contributed by atoms with Crippen molar-refractivity contribution in [2.75, 3.05) is 13.1 Å². The van der Waals surface area contributed by atoms with Gasteiger partial charge >= 0.3 is 0 Å². The van der Waals surface area contributed by atoms with Crippen LogP contribution in [0.25, 0.3) is 0 Å². The van der Waals surface area contributed by atoms with Crippen molar-refractivity contribution in [2.24, 2.45) is 0 Å². The number of Topliss-reactive ketones (excluding diaryl/α,β-unsaturated/α-hetero) is 1. The molecule has 0 aromatic heterocycles. The van der Waals surface area contributed by atoms with Gasteiger partial charge in [-0.25, -0.2) is 0 Å². The molecule has 1 heterocycles. The van der Waals surface area contributed by atoms with Gasteiger partial charge in [-0.15, -0.1) is 17.0 Å². The fourth-order valence-electron chi connectivity index (χ4n) is 1.88. The van der Waals surface area contributed by atoms with Gasteiger partial charge in [-0.1, -0.05) is 30.3 Å². The lowest BCUT2D eigenvalue weighted by Gasteiger charge is -2.25. The zero-order valence-electron chi connectivity index (χ0n) is 8.69. The van der Waals surface area contributed by atoms with Crippen LogP contribution < -0.4 is 0 Å².